The topological polar surface area (TPSA) is 109 Å². The minimum absolute atomic E-state index is 0.0222. The van der Waals surface area contributed by atoms with E-state index in [4.69, 9.17) is 28.9 Å². The number of nitrogens with one attached hydrogen (secondary N) is 1. The molecular formula is C32H30Cl2F3N7O2. The number of rotatable bonds is 4. The van der Waals surface area contributed by atoms with Gasteiger partial charge in [-0.25, -0.2) is 18.0 Å². The molecule has 0 aliphatic carbocycles. The zero-order valence-corrected chi connectivity index (χ0v) is 26.9. The molecule has 0 radical (unpaired) electrons. The quantitative estimate of drug-likeness (QED) is 0.151. The highest BCUT2D eigenvalue weighted by Gasteiger charge is 2.41. The number of nitrogens with zero attached hydrogens (tertiary/aromatic N) is 5. The molecular weight excluding hydrogens is 642 g/mol. The van der Waals surface area contributed by atoms with Gasteiger partial charge in [0.25, 0.3) is 0 Å². The molecule has 4 heterocycles. The molecule has 2 aliphatic rings. The molecule has 2 aliphatic heterocycles. The SMILES string of the molecule is C=CC(=O)N1CC(C)N2c3nc(=O)n(-c4c(C)ccnc4C(C)C)c4c(F)c(-c5c(N)c(Cl)cc(Cl)c5F)c(F)c(c34)NCC2C1. The number of aryl methyl sites for hydroxylation is 1. The first-order valence-electron chi connectivity index (χ1n) is 14.6. The van der Waals surface area contributed by atoms with Gasteiger partial charge in [0.15, 0.2) is 17.5 Å². The van der Waals surface area contributed by atoms with E-state index >= 15 is 13.2 Å². The van der Waals surface area contributed by atoms with Crippen LogP contribution in [0.3, 0.4) is 0 Å². The lowest BCUT2D eigenvalue weighted by Crippen LogP contribution is -2.61. The number of aromatic nitrogens is 3. The predicted molar refractivity (Wildman–Crippen MR) is 175 cm³/mol. The molecule has 2 unspecified atom stereocenters. The lowest BCUT2D eigenvalue weighted by atomic mass is 9.97. The molecule has 4 aromatic rings. The number of fused-ring (bicyclic) bond motifs is 2. The van der Waals surface area contributed by atoms with E-state index < -0.39 is 57.1 Å². The van der Waals surface area contributed by atoms with Crippen molar-refractivity contribution in [2.45, 2.75) is 45.7 Å². The van der Waals surface area contributed by atoms with Gasteiger partial charge in [-0.2, -0.15) is 4.98 Å². The van der Waals surface area contributed by atoms with Crippen LogP contribution in [0, 0.1) is 24.4 Å². The molecule has 2 aromatic carbocycles. The van der Waals surface area contributed by atoms with E-state index in [2.05, 4.69) is 21.9 Å². The predicted octanol–water partition coefficient (Wildman–Crippen LogP) is 6.20. The molecule has 3 N–H and O–H groups in total. The van der Waals surface area contributed by atoms with Crippen LogP contribution in [0.5, 0.6) is 0 Å². The molecule has 14 heteroatoms. The van der Waals surface area contributed by atoms with Crippen LogP contribution in [-0.4, -0.2) is 57.1 Å². The summed E-state index contributed by atoms with van der Waals surface area (Å²) in [5.74, 6) is -4.12. The Hall–Kier alpha value is -4.29. The summed E-state index contributed by atoms with van der Waals surface area (Å²) in [5, 5.41) is 2.31. The number of nitrogens with two attached hydrogens (primary N) is 1. The summed E-state index contributed by atoms with van der Waals surface area (Å²) in [6, 6.07) is 1.78. The molecule has 240 valence electrons. The average molecular weight is 673 g/mol. The van der Waals surface area contributed by atoms with Crippen LogP contribution >= 0.6 is 23.2 Å². The van der Waals surface area contributed by atoms with Crippen LogP contribution in [0.25, 0.3) is 27.7 Å². The maximum absolute atomic E-state index is 17.4. The van der Waals surface area contributed by atoms with Gasteiger partial charge in [0, 0.05) is 37.4 Å². The summed E-state index contributed by atoms with van der Waals surface area (Å²) in [7, 11) is 0. The third-order valence-electron chi connectivity index (χ3n) is 8.61. The summed E-state index contributed by atoms with van der Waals surface area (Å²) in [4.78, 5) is 39.1. The first-order chi connectivity index (χ1) is 21.8. The Kier molecular flexibility index (Phi) is 7.92. The zero-order valence-electron chi connectivity index (χ0n) is 25.4. The standard InChI is InChI=1S/C32H30Cl2F3N7O2/c1-6-19(45)42-11-15(5)43-16(12-42)10-40-28-22-30(25(37)20(24(28)36)21-23(35)17(33)9-18(34)26(21)38)44(32(46)41-31(22)43)29-14(4)7-8-39-27(29)13(2)3/h6-9,13,15-16,40H,1,10-12,38H2,2-5H3. The summed E-state index contributed by atoms with van der Waals surface area (Å²) in [6.07, 6.45) is 2.78. The largest absolute Gasteiger partial charge is 0.397 e. The lowest BCUT2D eigenvalue weighted by molar-refractivity contribution is -0.127. The molecule has 2 atom stereocenters. The second-order valence-corrected chi connectivity index (χ2v) is 12.7. The van der Waals surface area contributed by atoms with Crippen LogP contribution in [0.2, 0.25) is 10.0 Å². The van der Waals surface area contributed by atoms with Crippen molar-refractivity contribution in [1.82, 2.24) is 19.4 Å². The summed E-state index contributed by atoms with van der Waals surface area (Å²) >= 11 is 12.3. The summed E-state index contributed by atoms with van der Waals surface area (Å²) in [6.45, 7) is 11.4. The monoisotopic (exact) mass is 671 g/mol. The van der Waals surface area contributed by atoms with Crippen molar-refractivity contribution in [3.05, 3.63) is 80.2 Å². The first-order valence-corrected chi connectivity index (χ1v) is 15.3. The molecule has 2 aromatic heterocycles. The minimum atomic E-state index is -1.27. The molecule has 1 fully saturated rings. The van der Waals surface area contributed by atoms with Crippen molar-refractivity contribution < 1.29 is 18.0 Å². The van der Waals surface area contributed by atoms with Crippen molar-refractivity contribution in [3.63, 3.8) is 0 Å². The normalized spacial score (nSPS) is 17.6. The highest BCUT2D eigenvalue weighted by molar-refractivity contribution is 6.37. The van der Waals surface area contributed by atoms with Gasteiger partial charge in [0.1, 0.15) is 11.3 Å². The Balaban J connectivity index is 1.80. The number of pyridine rings is 1. The highest BCUT2D eigenvalue weighted by atomic mass is 35.5. The van der Waals surface area contributed by atoms with E-state index in [1.165, 1.54) is 6.08 Å². The smallest absolute Gasteiger partial charge is 0.354 e. The van der Waals surface area contributed by atoms with E-state index in [1.807, 2.05) is 20.8 Å². The molecule has 6 rings (SSSR count). The number of hydrogen-bond acceptors (Lipinski definition) is 7. The van der Waals surface area contributed by atoms with Crippen molar-refractivity contribution in [2.24, 2.45) is 0 Å². The number of carbonyl (C=O) groups is 1. The van der Waals surface area contributed by atoms with Crippen LogP contribution < -0.4 is 21.6 Å². The number of amides is 1. The molecule has 46 heavy (non-hydrogen) atoms. The minimum Gasteiger partial charge on any atom is -0.397 e. The van der Waals surface area contributed by atoms with Crippen LogP contribution in [-0.2, 0) is 4.79 Å². The van der Waals surface area contributed by atoms with Crippen molar-refractivity contribution in [3.8, 4) is 16.8 Å². The fourth-order valence-corrected chi connectivity index (χ4v) is 7.04. The number of nitrogen functional groups attached to an aromatic ring is 1. The Morgan fingerprint density at radius 2 is 1.87 bits per heavy atom. The van der Waals surface area contributed by atoms with Gasteiger partial charge in [-0.3, -0.25) is 14.3 Å². The maximum Gasteiger partial charge on any atom is 0.354 e. The second kappa shape index (κ2) is 11.5. The molecule has 1 amide bonds. The number of benzene rings is 2. The van der Waals surface area contributed by atoms with E-state index in [0.717, 1.165) is 10.6 Å². The first kappa shape index (κ1) is 31.7. The van der Waals surface area contributed by atoms with Crippen molar-refractivity contribution in [1.29, 1.82) is 0 Å². The van der Waals surface area contributed by atoms with Crippen LogP contribution in [0.1, 0.15) is 37.9 Å². The van der Waals surface area contributed by atoms with Crippen molar-refractivity contribution in [2.75, 3.05) is 35.6 Å². The number of anilines is 3. The third kappa shape index (κ3) is 4.68. The Morgan fingerprint density at radius 1 is 1.15 bits per heavy atom. The lowest BCUT2D eigenvalue weighted by Gasteiger charge is -2.45. The van der Waals surface area contributed by atoms with Gasteiger partial charge >= 0.3 is 5.69 Å². The molecule has 9 nitrogen and oxygen atoms in total. The van der Waals surface area contributed by atoms with Gasteiger partial charge in [-0.05, 0) is 43.5 Å². The summed E-state index contributed by atoms with van der Waals surface area (Å²) < 4.78 is 51.0. The van der Waals surface area contributed by atoms with Gasteiger partial charge in [-0.15, -0.1) is 0 Å². The molecule has 1 saturated heterocycles. The van der Waals surface area contributed by atoms with Gasteiger partial charge in [0.05, 0.1) is 49.8 Å². The van der Waals surface area contributed by atoms with Crippen LogP contribution in [0.15, 0.2) is 35.8 Å². The molecule has 0 spiro atoms. The van der Waals surface area contributed by atoms with E-state index in [-0.39, 0.29) is 64.6 Å². The maximum atomic E-state index is 17.4. The zero-order chi connectivity index (χ0) is 33.4. The average Bonchev–Trinajstić information content (AvgIpc) is 3.17. The van der Waals surface area contributed by atoms with Crippen LogP contribution in [0.4, 0.5) is 30.4 Å². The molecule has 0 bridgehead atoms. The number of hydrogen-bond donors (Lipinski definition) is 2. The number of piperazine rings is 1. The Morgan fingerprint density at radius 3 is 2.54 bits per heavy atom. The van der Waals surface area contributed by atoms with E-state index in [1.54, 1.807) is 29.0 Å². The summed E-state index contributed by atoms with van der Waals surface area (Å²) in [5.41, 5.74) is 4.01. The fourth-order valence-electron chi connectivity index (χ4n) is 6.57. The molecule has 0 saturated carbocycles. The highest BCUT2D eigenvalue weighted by Crippen LogP contribution is 2.48. The van der Waals surface area contributed by atoms with Gasteiger partial charge < -0.3 is 20.9 Å². The third-order valence-corrected chi connectivity index (χ3v) is 9.19. The Bertz CT molecular complexity index is 2010. The van der Waals surface area contributed by atoms with Gasteiger partial charge in [-0.1, -0.05) is 43.6 Å². The van der Waals surface area contributed by atoms with E-state index in [0.29, 0.717) is 11.3 Å². The van der Waals surface area contributed by atoms with Gasteiger partial charge in [0.2, 0.25) is 5.91 Å². The fraction of sp³-hybridized carbons (Fsp3) is 0.312. The Labute approximate surface area is 272 Å². The van der Waals surface area contributed by atoms with E-state index in [9.17, 15) is 9.59 Å². The number of halogens is 5. The van der Waals surface area contributed by atoms with Crippen molar-refractivity contribution >= 4 is 57.2 Å². The number of carbonyl (C=O) groups excluding carboxylic acids is 1. The second-order valence-electron chi connectivity index (χ2n) is 11.9.